The molecule has 0 bridgehead atoms. The number of aldehydes is 1. The summed E-state index contributed by atoms with van der Waals surface area (Å²) in [5.41, 5.74) is 1.59. The van der Waals surface area contributed by atoms with Crippen LogP contribution in [0.25, 0.3) is 0 Å². The molecule has 78 valence electrons. The Labute approximate surface area is 93.4 Å². The number of ether oxygens (including phenoxy) is 1. The van der Waals surface area contributed by atoms with Crippen LogP contribution in [0.3, 0.4) is 0 Å². The third-order valence-corrected chi connectivity index (χ3v) is 2.03. The minimum Gasteiger partial charge on any atom is -0.380 e. The number of hydrogen-bond donors (Lipinski definition) is 0. The summed E-state index contributed by atoms with van der Waals surface area (Å²) in [5.74, 6) is 0. The largest absolute Gasteiger partial charge is 0.380 e. The first kappa shape index (κ1) is 13.3. The fraction of sp³-hybridized carbons (Fsp3) is 0.364. The molecule has 0 aromatic heterocycles. The lowest BCUT2D eigenvalue weighted by Gasteiger charge is -2.03. The van der Waals surface area contributed by atoms with Gasteiger partial charge in [0.1, 0.15) is 6.29 Å². The zero-order chi connectivity index (χ0) is 11.0. The predicted molar refractivity (Wildman–Crippen MR) is 61.6 cm³/mol. The Bertz CT molecular complexity index is 285. The van der Waals surface area contributed by atoms with Gasteiger partial charge in [-0.25, -0.2) is 0 Å². The zero-order valence-electron chi connectivity index (χ0n) is 8.71. The highest BCUT2D eigenvalue weighted by atomic mass is 79.9. The maximum atomic E-state index is 10.5. The lowest BCUT2D eigenvalue weighted by Crippen LogP contribution is -1.94. The van der Waals surface area contributed by atoms with E-state index >= 15 is 0 Å². The van der Waals surface area contributed by atoms with Gasteiger partial charge in [-0.3, -0.25) is 4.79 Å². The van der Waals surface area contributed by atoms with Crippen molar-refractivity contribution in [3.63, 3.8) is 0 Å². The van der Waals surface area contributed by atoms with Gasteiger partial charge in [-0.05, 0) is 17.7 Å². The molecular weight excluding hydrogens is 244 g/mol. The second-order valence-corrected chi connectivity index (χ2v) is 3.31. The van der Waals surface area contributed by atoms with Crippen molar-refractivity contribution in [3.8, 4) is 0 Å². The molecular formula is C11H15BrO2. The normalized spacial score (nSPS) is 8.86. The number of methoxy groups -OCH3 is 1. The van der Waals surface area contributed by atoms with Crippen molar-refractivity contribution in [2.45, 2.75) is 20.5 Å². The molecule has 0 spiro atoms. The molecule has 2 nitrogen and oxygen atoms in total. The summed E-state index contributed by atoms with van der Waals surface area (Å²) >= 11 is 3.32. The minimum absolute atomic E-state index is 0.466. The Balaban J connectivity index is 0.000000791. The summed E-state index contributed by atoms with van der Waals surface area (Å²) in [6.45, 7) is 4.47. The lowest BCUT2D eigenvalue weighted by molar-refractivity contribution is 0.111. The van der Waals surface area contributed by atoms with E-state index in [9.17, 15) is 4.79 Å². The minimum atomic E-state index is 0.466. The summed E-state index contributed by atoms with van der Waals surface area (Å²) in [4.78, 5) is 10.5. The van der Waals surface area contributed by atoms with Crippen LogP contribution in [0.4, 0.5) is 0 Å². The molecule has 14 heavy (non-hydrogen) atoms. The molecule has 0 unspecified atom stereocenters. The SMILES string of the molecule is CC.COCc1cc(Br)ccc1C=O. The molecule has 1 aromatic rings. The third kappa shape index (κ3) is 4.03. The average Bonchev–Trinajstić information content (AvgIpc) is 2.22. The van der Waals surface area contributed by atoms with E-state index in [1.54, 1.807) is 13.2 Å². The molecule has 1 aromatic carbocycles. The molecule has 0 amide bonds. The van der Waals surface area contributed by atoms with Crippen molar-refractivity contribution in [2.24, 2.45) is 0 Å². The fourth-order valence-corrected chi connectivity index (χ4v) is 1.38. The van der Waals surface area contributed by atoms with Crippen molar-refractivity contribution in [2.75, 3.05) is 7.11 Å². The van der Waals surface area contributed by atoms with Crippen molar-refractivity contribution in [3.05, 3.63) is 33.8 Å². The topological polar surface area (TPSA) is 26.3 Å². The van der Waals surface area contributed by atoms with Crippen LogP contribution in [-0.2, 0) is 11.3 Å². The Morgan fingerprint density at radius 1 is 1.43 bits per heavy atom. The van der Waals surface area contributed by atoms with Gasteiger partial charge in [0.25, 0.3) is 0 Å². The van der Waals surface area contributed by atoms with Gasteiger partial charge in [-0.1, -0.05) is 35.8 Å². The first-order valence-corrected chi connectivity index (χ1v) is 5.29. The number of hydrogen-bond acceptors (Lipinski definition) is 2. The Hall–Kier alpha value is -0.670. The number of halogens is 1. The van der Waals surface area contributed by atoms with E-state index in [0.717, 1.165) is 16.3 Å². The predicted octanol–water partition coefficient (Wildman–Crippen LogP) is 3.43. The van der Waals surface area contributed by atoms with Gasteiger partial charge in [0.15, 0.2) is 0 Å². The van der Waals surface area contributed by atoms with E-state index in [1.165, 1.54) is 0 Å². The maximum absolute atomic E-state index is 10.5. The van der Waals surface area contributed by atoms with E-state index in [2.05, 4.69) is 15.9 Å². The molecule has 0 atom stereocenters. The average molecular weight is 259 g/mol. The van der Waals surface area contributed by atoms with E-state index < -0.39 is 0 Å². The van der Waals surface area contributed by atoms with E-state index in [0.29, 0.717) is 12.2 Å². The molecule has 0 aliphatic carbocycles. The Morgan fingerprint density at radius 2 is 2.07 bits per heavy atom. The molecule has 0 saturated carbocycles. The fourth-order valence-electron chi connectivity index (χ4n) is 0.970. The van der Waals surface area contributed by atoms with Crippen LogP contribution in [0.1, 0.15) is 29.8 Å². The molecule has 0 radical (unpaired) electrons. The molecule has 0 heterocycles. The first-order chi connectivity index (χ1) is 6.77. The Morgan fingerprint density at radius 3 is 2.57 bits per heavy atom. The molecule has 0 fully saturated rings. The van der Waals surface area contributed by atoms with E-state index in [4.69, 9.17) is 4.74 Å². The molecule has 3 heteroatoms. The van der Waals surface area contributed by atoms with Crippen LogP contribution < -0.4 is 0 Å². The van der Waals surface area contributed by atoms with E-state index in [1.807, 2.05) is 26.0 Å². The maximum Gasteiger partial charge on any atom is 0.150 e. The molecule has 0 N–H and O–H groups in total. The van der Waals surface area contributed by atoms with Gasteiger partial charge in [-0.2, -0.15) is 0 Å². The van der Waals surface area contributed by atoms with Crippen LogP contribution in [0.15, 0.2) is 22.7 Å². The quantitative estimate of drug-likeness (QED) is 0.777. The highest BCUT2D eigenvalue weighted by molar-refractivity contribution is 9.10. The van der Waals surface area contributed by atoms with Gasteiger partial charge in [-0.15, -0.1) is 0 Å². The molecule has 1 rings (SSSR count). The molecule has 0 aliphatic rings. The monoisotopic (exact) mass is 258 g/mol. The number of carbonyl (C=O) groups is 1. The number of rotatable bonds is 3. The van der Waals surface area contributed by atoms with Crippen molar-refractivity contribution in [1.29, 1.82) is 0 Å². The van der Waals surface area contributed by atoms with Crippen LogP contribution in [0.2, 0.25) is 0 Å². The molecule has 0 aliphatic heterocycles. The molecule has 0 saturated heterocycles. The first-order valence-electron chi connectivity index (χ1n) is 4.50. The summed E-state index contributed by atoms with van der Waals surface area (Å²) in [5, 5.41) is 0. The Kier molecular flexibility index (Phi) is 7.34. The van der Waals surface area contributed by atoms with Gasteiger partial charge in [0, 0.05) is 17.1 Å². The van der Waals surface area contributed by atoms with Gasteiger partial charge in [0.05, 0.1) is 6.61 Å². The van der Waals surface area contributed by atoms with Crippen molar-refractivity contribution in [1.82, 2.24) is 0 Å². The highest BCUT2D eigenvalue weighted by Crippen LogP contribution is 2.15. The van der Waals surface area contributed by atoms with Crippen LogP contribution in [0.5, 0.6) is 0 Å². The van der Waals surface area contributed by atoms with E-state index in [-0.39, 0.29) is 0 Å². The second kappa shape index (κ2) is 7.71. The van der Waals surface area contributed by atoms with Crippen LogP contribution in [-0.4, -0.2) is 13.4 Å². The van der Waals surface area contributed by atoms with Crippen molar-refractivity contribution < 1.29 is 9.53 Å². The standard InChI is InChI=1S/C9H9BrO2.C2H6/c1-12-6-8-4-9(10)3-2-7(8)5-11;1-2/h2-5H,6H2,1H3;1-2H3. The summed E-state index contributed by atoms with van der Waals surface area (Å²) in [7, 11) is 1.61. The van der Waals surface area contributed by atoms with Gasteiger partial charge in [0.2, 0.25) is 0 Å². The number of benzene rings is 1. The summed E-state index contributed by atoms with van der Waals surface area (Å²) in [6, 6.07) is 5.49. The van der Waals surface area contributed by atoms with Gasteiger partial charge >= 0.3 is 0 Å². The lowest BCUT2D eigenvalue weighted by atomic mass is 10.1. The van der Waals surface area contributed by atoms with Crippen molar-refractivity contribution >= 4 is 22.2 Å². The zero-order valence-corrected chi connectivity index (χ0v) is 10.3. The third-order valence-electron chi connectivity index (χ3n) is 1.53. The van der Waals surface area contributed by atoms with Crippen LogP contribution >= 0.6 is 15.9 Å². The summed E-state index contributed by atoms with van der Waals surface area (Å²) < 4.78 is 5.90. The number of carbonyl (C=O) groups excluding carboxylic acids is 1. The smallest absolute Gasteiger partial charge is 0.150 e. The highest BCUT2D eigenvalue weighted by Gasteiger charge is 2.00. The summed E-state index contributed by atoms with van der Waals surface area (Å²) in [6.07, 6.45) is 0.834. The van der Waals surface area contributed by atoms with Gasteiger partial charge < -0.3 is 4.74 Å². The van der Waals surface area contributed by atoms with Crippen LogP contribution in [0, 0.1) is 0 Å². The second-order valence-electron chi connectivity index (χ2n) is 2.39.